The first-order valence-corrected chi connectivity index (χ1v) is 8.52. The highest BCUT2D eigenvalue weighted by Gasteiger charge is 2.35. The highest BCUT2D eigenvalue weighted by atomic mass is 15.2. The van der Waals surface area contributed by atoms with Crippen LogP contribution < -0.4 is 5.32 Å². The van der Waals surface area contributed by atoms with Crippen LogP contribution in [-0.4, -0.2) is 36.6 Å². The van der Waals surface area contributed by atoms with Crippen LogP contribution in [0.2, 0.25) is 0 Å². The van der Waals surface area contributed by atoms with Gasteiger partial charge in [0.25, 0.3) is 0 Å². The van der Waals surface area contributed by atoms with Crippen LogP contribution in [0.4, 0.5) is 0 Å². The number of hydrogen-bond donors (Lipinski definition) is 1. The molecule has 1 aliphatic rings. The van der Waals surface area contributed by atoms with Crippen molar-refractivity contribution in [1.82, 2.24) is 10.2 Å². The number of rotatable bonds is 9. The summed E-state index contributed by atoms with van der Waals surface area (Å²) < 4.78 is 0. The van der Waals surface area contributed by atoms with E-state index in [1.54, 1.807) is 0 Å². The molecule has 1 N–H and O–H groups in total. The fraction of sp³-hybridized carbons (Fsp3) is 1.00. The molecule has 0 aliphatic carbocycles. The topological polar surface area (TPSA) is 15.3 Å². The molecule has 2 nitrogen and oxygen atoms in total. The highest BCUT2D eigenvalue weighted by molar-refractivity contribution is 4.90. The summed E-state index contributed by atoms with van der Waals surface area (Å²) >= 11 is 0. The molecule has 0 spiro atoms. The molecule has 1 heterocycles. The molecular weight excluding hydrogens is 232 g/mol. The normalized spacial score (nSPS) is 27.6. The van der Waals surface area contributed by atoms with Gasteiger partial charge in [-0.05, 0) is 51.0 Å². The zero-order valence-corrected chi connectivity index (χ0v) is 14.0. The largest absolute Gasteiger partial charge is 0.316 e. The van der Waals surface area contributed by atoms with E-state index in [0.717, 1.165) is 18.6 Å². The van der Waals surface area contributed by atoms with E-state index in [1.807, 2.05) is 0 Å². The van der Waals surface area contributed by atoms with Crippen molar-refractivity contribution in [2.24, 2.45) is 5.41 Å². The van der Waals surface area contributed by atoms with Gasteiger partial charge in [0.1, 0.15) is 0 Å². The van der Waals surface area contributed by atoms with E-state index in [0.29, 0.717) is 5.41 Å². The molecule has 3 unspecified atom stereocenters. The van der Waals surface area contributed by atoms with Gasteiger partial charge in [0.2, 0.25) is 0 Å². The van der Waals surface area contributed by atoms with Crippen LogP contribution in [0.3, 0.4) is 0 Å². The van der Waals surface area contributed by atoms with E-state index in [9.17, 15) is 0 Å². The molecule has 1 aliphatic heterocycles. The smallest absolute Gasteiger partial charge is 0.00962 e. The number of hydrogen-bond acceptors (Lipinski definition) is 2. The lowest BCUT2D eigenvalue weighted by molar-refractivity contribution is 0.109. The summed E-state index contributed by atoms with van der Waals surface area (Å²) in [7, 11) is 0. The van der Waals surface area contributed by atoms with Crippen molar-refractivity contribution in [3.05, 3.63) is 0 Å². The first-order valence-electron chi connectivity index (χ1n) is 8.52. The summed E-state index contributed by atoms with van der Waals surface area (Å²) in [6.45, 7) is 15.4. The zero-order chi connectivity index (χ0) is 14.3. The molecule has 19 heavy (non-hydrogen) atoms. The minimum Gasteiger partial charge on any atom is -0.316 e. The quantitative estimate of drug-likeness (QED) is 0.635. The van der Waals surface area contributed by atoms with Crippen molar-refractivity contribution in [3.8, 4) is 0 Å². The predicted octanol–water partition coefficient (Wildman–Crippen LogP) is 4.06. The van der Waals surface area contributed by atoms with Gasteiger partial charge in [0.15, 0.2) is 0 Å². The van der Waals surface area contributed by atoms with Crippen LogP contribution in [0.15, 0.2) is 0 Å². The Labute approximate surface area is 121 Å². The van der Waals surface area contributed by atoms with E-state index >= 15 is 0 Å². The molecule has 0 aromatic carbocycles. The van der Waals surface area contributed by atoms with Gasteiger partial charge < -0.3 is 5.32 Å². The van der Waals surface area contributed by atoms with Crippen molar-refractivity contribution in [2.45, 2.75) is 85.2 Å². The van der Waals surface area contributed by atoms with Crippen LogP contribution >= 0.6 is 0 Å². The SMILES string of the molecule is CCCNCC(C)(CCC)CN1C(C)CCC1CC. The van der Waals surface area contributed by atoms with Gasteiger partial charge in [-0.1, -0.05) is 34.1 Å². The van der Waals surface area contributed by atoms with Crippen molar-refractivity contribution in [1.29, 1.82) is 0 Å². The lowest BCUT2D eigenvalue weighted by atomic mass is 9.84. The van der Waals surface area contributed by atoms with Gasteiger partial charge in [-0.25, -0.2) is 0 Å². The standard InChI is InChI=1S/C17H36N2/c1-6-11-17(5,13-18-12-7-2)14-19-15(4)9-10-16(19)8-3/h15-16,18H,6-14H2,1-5H3. The molecule has 0 aromatic rings. The summed E-state index contributed by atoms with van der Waals surface area (Å²) in [5, 5.41) is 3.66. The summed E-state index contributed by atoms with van der Waals surface area (Å²) in [6, 6.07) is 1.62. The first kappa shape index (κ1) is 17.0. The Kier molecular flexibility index (Phi) is 7.38. The van der Waals surface area contributed by atoms with Crippen LogP contribution in [0, 0.1) is 5.41 Å². The molecule has 1 rings (SSSR count). The maximum atomic E-state index is 3.66. The van der Waals surface area contributed by atoms with Crippen molar-refractivity contribution < 1.29 is 0 Å². The Balaban J connectivity index is 2.59. The summed E-state index contributed by atoms with van der Waals surface area (Å²) in [5.74, 6) is 0. The maximum absolute atomic E-state index is 3.66. The van der Waals surface area contributed by atoms with Gasteiger partial charge >= 0.3 is 0 Å². The van der Waals surface area contributed by atoms with E-state index < -0.39 is 0 Å². The molecule has 0 aromatic heterocycles. The molecular formula is C17H36N2. The van der Waals surface area contributed by atoms with Gasteiger partial charge in [-0.15, -0.1) is 0 Å². The lowest BCUT2D eigenvalue weighted by Gasteiger charge is -2.38. The second-order valence-corrected chi connectivity index (χ2v) is 6.90. The lowest BCUT2D eigenvalue weighted by Crippen LogP contribution is -2.46. The van der Waals surface area contributed by atoms with E-state index in [4.69, 9.17) is 0 Å². The van der Waals surface area contributed by atoms with E-state index in [1.165, 1.54) is 51.6 Å². The predicted molar refractivity (Wildman–Crippen MR) is 85.7 cm³/mol. The molecule has 0 amide bonds. The van der Waals surface area contributed by atoms with E-state index in [2.05, 4.69) is 44.8 Å². The van der Waals surface area contributed by atoms with Crippen LogP contribution in [0.1, 0.15) is 73.1 Å². The van der Waals surface area contributed by atoms with Crippen LogP contribution in [0.25, 0.3) is 0 Å². The Hall–Kier alpha value is -0.0800. The molecule has 1 fully saturated rings. The Morgan fingerprint density at radius 3 is 2.47 bits per heavy atom. The third kappa shape index (κ3) is 5.07. The summed E-state index contributed by atoms with van der Waals surface area (Å²) in [5.41, 5.74) is 0.440. The van der Waals surface area contributed by atoms with Gasteiger partial charge in [0.05, 0.1) is 0 Å². The summed E-state index contributed by atoms with van der Waals surface area (Å²) in [6.07, 6.45) is 7.98. The third-order valence-corrected chi connectivity index (χ3v) is 4.82. The van der Waals surface area contributed by atoms with E-state index in [-0.39, 0.29) is 0 Å². The van der Waals surface area contributed by atoms with Gasteiger partial charge in [-0.3, -0.25) is 4.90 Å². The van der Waals surface area contributed by atoms with Crippen LogP contribution in [-0.2, 0) is 0 Å². The third-order valence-electron chi connectivity index (χ3n) is 4.82. The molecule has 1 saturated heterocycles. The summed E-state index contributed by atoms with van der Waals surface area (Å²) in [4.78, 5) is 2.79. The molecule has 0 bridgehead atoms. The second-order valence-electron chi connectivity index (χ2n) is 6.90. The Morgan fingerprint density at radius 2 is 1.89 bits per heavy atom. The average Bonchev–Trinajstić information content (AvgIpc) is 2.71. The number of nitrogens with one attached hydrogen (secondary N) is 1. The Bertz CT molecular complexity index is 241. The minimum atomic E-state index is 0.440. The van der Waals surface area contributed by atoms with Gasteiger partial charge in [-0.2, -0.15) is 0 Å². The molecule has 114 valence electrons. The molecule has 2 heteroatoms. The minimum absolute atomic E-state index is 0.440. The van der Waals surface area contributed by atoms with Crippen molar-refractivity contribution in [3.63, 3.8) is 0 Å². The van der Waals surface area contributed by atoms with Crippen LogP contribution in [0.5, 0.6) is 0 Å². The molecule has 0 saturated carbocycles. The Morgan fingerprint density at radius 1 is 1.16 bits per heavy atom. The maximum Gasteiger partial charge on any atom is 0.00962 e. The molecule has 0 radical (unpaired) electrons. The van der Waals surface area contributed by atoms with Gasteiger partial charge in [0, 0.05) is 25.2 Å². The zero-order valence-electron chi connectivity index (χ0n) is 14.0. The molecule has 3 atom stereocenters. The first-order chi connectivity index (χ1) is 9.06. The fourth-order valence-electron chi connectivity index (χ4n) is 3.68. The average molecular weight is 268 g/mol. The number of nitrogens with zero attached hydrogens (tertiary/aromatic N) is 1. The highest BCUT2D eigenvalue weighted by Crippen LogP contribution is 2.32. The number of likely N-dealkylation sites (tertiary alicyclic amines) is 1. The second kappa shape index (κ2) is 8.26. The monoisotopic (exact) mass is 268 g/mol. The van der Waals surface area contributed by atoms with Crippen molar-refractivity contribution in [2.75, 3.05) is 19.6 Å². The fourth-order valence-corrected chi connectivity index (χ4v) is 3.68. The van der Waals surface area contributed by atoms with Crippen molar-refractivity contribution >= 4 is 0 Å².